The average molecular weight is 270 g/mol. The third-order valence-electron chi connectivity index (χ3n) is 2.85. The van der Waals surface area contributed by atoms with Gasteiger partial charge in [-0.15, -0.1) is 11.3 Å². The minimum absolute atomic E-state index is 0.169. The summed E-state index contributed by atoms with van der Waals surface area (Å²) in [5.74, 6) is 0. The topological polar surface area (TPSA) is 43.4 Å². The highest BCUT2D eigenvalue weighted by atomic mass is 32.1. The SMILES string of the molecule is CCCc1nc(COCC2CNCC(C)O2)cs1. The highest BCUT2D eigenvalue weighted by Gasteiger charge is 2.18. The second-order valence-electron chi connectivity index (χ2n) is 4.72. The van der Waals surface area contributed by atoms with E-state index < -0.39 is 0 Å². The molecule has 2 rings (SSSR count). The second-order valence-corrected chi connectivity index (χ2v) is 5.67. The van der Waals surface area contributed by atoms with Crippen LogP contribution in [0.2, 0.25) is 0 Å². The van der Waals surface area contributed by atoms with Gasteiger partial charge in [0.2, 0.25) is 0 Å². The summed E-state index contributed by atoms with van der Waals surface area (Å²) in [5, 5.41) is 6.64. The van der Waals surface area contributed by atoms with Crippen LogP contribution >= 0.6 is 11.3 Å². The molecule has 0 bridgehead atoms. The van der Waals surface area contributed by atoms with Gasteiger partial charge in [-0.2, -0.15) is 0 Å². The zero-order valence-corrected chi connectivity index (χ0v) is 12.0. The Balaban J connectivity index is 1.67. The molecule has 1 saturated heterocycles. The van der Waals surface area contributed by atoms with E-state index in [-0.39, 0.29) is 12.2 Å². The molecule has 1 N–H and O–H groups in total. The third kappa shape index (κ3) is 4.31. The Bertz CT molecular complexity index is 357. The van der Waals surface area contributed by atoms with Crippen molar-refractivity contribution in [1.29, 1.82) is 0 Å². The number of nitrogens with zero attached hydrogens (tertiary/aromatic N) is 1. The van der Waals surface area contributed by atoms with Crippen LogP contribution in [0.25, 0.3) is 0 Å². The molecule has 5 heteroatoms. The minimum atomic E-state index is 0.169. The van der Waals surface area contributed by atoms with Crippen LogP contribution in [0.4, 0.5) is 0 Å². The van der Waals surface area contributed by atoms with E-state index in [4.69, 9.17) is 9.47 Å². The van der Waals surface area contributed by atoms with Gasteiger partial charge >= 0.3 is 0 Å². The molecule has 1 aliphatic rings. The zero-order valence-electron chi connectivity index (χ0n) is 11.1. The number of hydrogen-bond acceptors (Lipinski definition) is 5. The molecule has 102 valence electrons. The molecule has 1 aromatic rings. The van der Waals surface area contributed by atoms with Crippen LogP contribution in [0.15, 0.2) is 5.38 Å². The van der Waals surface area contributed by atoms with Gasteiger partial charge in [0.1, 0.15) is 0 Å². The molecule has 2 unspecified atom stereocenters. The lowest BCUT2D eigenvalue weighted by molar-refractivity contribution is -0.0719. The summed E-state index contributed by atoms with van der Waals surface area (Å²) in [5.41, 5.74) is 1.04. The van der Waals surface area contributed by atoms with E-state index in [1.54, 1.807) is 11.3 Å². The van der Waals surface area contributed by atoms with E-state index in [1.807, 2.05) is 0 Å². The van der Waals surface area contributed by atoms with Crippen molar-refractivity contribution in [3.8, 4) is 0 Å². The standard InChI is InChI=1S/C13H22N2O2S/c1-3-4-13-15-11(9-18-13)7-16-8-12-6-14-5-10(2)17-12/h9-10,12,14H,3-8H2,1-2H3. The summed E-state index contributed by atoms with van der Waals surface area (Å²) < 4.78 is 11.4. The molecule has 0 aromatic carbocycles. The molecule has 1 aliphatic heterocycles. The Labute approximate surface area is 113 Å². The Morgan fingerprint density at radius 3 is 3.22 bits per heavy atom. The number of hydrogen-bond donors (Lipinski definition) is 1. The Hall–Kier alpha value is -0.490. The van der Waals surface area contributed by atoms with Crippen LogP contribution in [-0.2, 0) is 22.5 Å². The summed E-state index contributed by atoms with van der Waals surface area (Å²) in [6.07, 6.45) is 2.66. The molecule has 0 aliphatic carbocycles. The van der Waals surface area contributed by atoms with Crippen molar-refractivity contribution >= 4 is 11.3 Å². The second kappa shape index (κ2) is 7.19. The molecular formula is C13H22N2O2S. The summed E-state index contributed by atoms with van der Waals surface area (Å²) in [7, 11) is 0. The largest absolute Gasteiger partial charge is 0.372 e. The molecule has 2 heterocycles. The molecule has 1 aromatic heterocycles. The molecule has 0 spiro atoms. The normalized spacial score (nSPS) is 24.3. The fraction of sp³-hybridized carbons (Fsp3) is 0.769. The summed E-state index contributed by atoms with van der Waals surface area (Å²) in [6.45, 7) is 7.29. The van der Waals surface area contributed by atoms with E-state index in [0.717, 1.165) is 31.6 Å². The Morgan fingerprint density at radius 2 is 2.44 bits per heavy atom. The first-order valence-corrected chi connectivity index (χ1v) is 7.53. The zero-order chi connectivity index (χ0) is 12.8. The molecule has 18 heavy (non-hydrogen) atoms. The van der Waals surface area contributed by atoms with E-state index in [2.05, 4.69) is 29.5 Å². The van der Waals surface area contributed by atoms with Crippen LogP contribution in [-0.4, -0.2) is 36.9 Å². The van der Waals surface area contributed by atoms with E-state index >= 15 is 0 Å². The van der Waals surface area contributed by atoms with Gasteiger partial charge in [0.15, 0.2) is 0 Å². The molecule has 1 fully saturated rings. The van der Waals surface area contributed by atoms with Gasteiger partial charge in [0, 0.05) is 18.5 Å². The monoisotopic (exact) mass is 270 g/mol. The highest BCUT2D eigenvalue weighted by molar-refractivity contribution is 7.09. The molecular weight excluding hydrogens is 248 g/mol. The van der Waals surface area contributed by atoms with Crippen molar-refractivity contribution in [3.63, 3.8) is 0 Å². The molecule has 4 nitrogen and oxygen atoms in total. The lowest BCUT2D eigenvalue weighted by Crippen LogP contribution is -2.45. The average Bonchev–Trinajstić information content (AvgIpc) is 2.78. The van der Waals surface area contributed by atoms with Crippen LogP contribution in [0, 0.1) is 0 Å². The van der Waals surface area contributed by atoms with Gasteiger partial charge in [0.25, 0.3) is 0 Å². The first-order valence-electron chi connectivity index (χ1n) is 6.65. The first kappa shape index (κ1) is 13.9. The number of rotatable bonds is 6. The Morgan fingerprint density at radius 1 is 1.56 bits per heavy atom. The van der Waals surface area contributed by atoms with Crippen molar-refractivity contribution in [2.45, 2.75) is 45.5 Å². The maximum absolute atomic E-state index is 5.76. The number of thiazole rings is 1. The summed E-state index contributed by atoms with van der Waals surface area (Å²) in [6, 6.07) is 0. The molecule has 2 atom stereocenters. The van der Waals surface area contributed by atoms with Gasteiger partial charge < -0.3 is 14.8 Å². The van der Waals surface area contributed by atoms with Gasteiger partial charge in [0.05, 0.1) is 36.1 Å². The fourth-order valence-corrected chi connectivity index (χ4v) is 2.89. The van der Waals surface area contributed by atoms with Crippen LogP contribution in [0.3, 0.4) is 0 Å². The summed E-state index contributed by atoms with van der Waals surface area (Å²) >= 11 is 1.73. The minimum Gasteiger partial charge on any atom is -0.372 e. The summed E-state index contributed by atoms with van der Waals surface area (Å²) in [4.78, 5) is 4.53. The smallest absolute Gasteiger partial charge is 0.0936 e. The van der Waals surface area contributed by atoms with Crippen LogP contribution < -0.4 is 5.32 Å². The highest BCUT2D eigenvalue weighted by Crippen LogP contribution is 2.13. The number of aryl methyl sites for hydroxylation is 1. The van der Waals surface area contributed by atoms with Crippen molar-refractivity contribution < 1.29 is 9.47 Å². The quantitative estimate of drug-likeness (QED) is 0.858. The van der Waals surface area contributed by atoms with Gasteiger partial charge in [-0.25, -0.2) is 4.98 Å². The maximum Gasteiger partial charge on any atom is 0.0936 e. The van der Waals surface area contributed by atoms with Gasteiger partial charge in [-0.1, -0.05) is 6.92 Å². The predicted molar refractivity (Wildman–Crippen MR) is 73.0 cm³/mol. The number of aromatic nitrogens is 1. The maximum atomic E-state index is 5.76. The number of nitrogens with one attached hydrogen (secondary N) is 1. The fourth-order valence-electron chi connectivity index (χ4n) is 2.01. The predicted octanol–water partition coefficient (Wildman–Crippen LogP) is 1.99. The van der Waals surface area contributed by atoms with E-state index in [0.29, 0.717) is 13.2 Å². The van der Waals surface area contributed by atoms with Crippen LogP contribution in [0.1, 0.15) is 31.0 Å². The Kier molecular flexibility index (Phi) is 5.56. The van der Waals surface area contributed by atoms with E-state index in [1.165, 1.54) is 5.01 Å². The molecule has 0 saturated carbocycles. The molecule has 0 radical (unpaired) electrons. The lowest BCUT2D eigenvalue weighted by Gasteiger charge is -2.28. The molecule has 0 amide bonds. The van der Waals surface area contributed by atoms with Crippen molar-refractivity contribution in [1.82, 2.24) is 10.3 Å². The van der Waals surface area contributed by atoms with Crippen molar-refractivity contribution in [2.75, 3.05) is 19.7 Å². The third-order valence-corrected chi connectivity index (χ3v) is 3.80. The van der Waals surface area contributed by atoms with Crippen molar-refractivity contribution in [3.05, 3.63) is 16.1 Å². The number of ether oxygens (including phenoxy) is 2. The number of morpholine rings is 1. The first-order chi connectivity index (χ1) is 8.78. The van der Waals surface area contributed by atoms with Crippen LogP contribution in [0.5, 0.6) is 0 Å². The van der Waals surface area contributed by atoms with Gasteiger partial charge in [-0.05, 0) is 19.8 Å². The van der Waals surface area contributed by atoms with Gasteiger partial charge in [-0.3, -0.25) is 0 Å². The van der Waals surface area contributed by atoms with Crippen molar-refractivity contribution in [2.24, 2.45) is 0 Å². The van der Waals surface area contributed by atoms with E-state index in [9.17, 15) is 0 Å². The lowest BCUT2D eigenvalue weighted by atomic mass is 10.2.